The molecule has 2 rings (SSSR count). The van der Waals surface area contributed by atoms with Crippen molar-refractivity contribution in [2.75, 3.05) is 5.73 Å². The fraction of sp³-hybridized carbons (Fsp3) is 0.438. The monoisotopic (exact) mass is 243 g/mol. The second-order valence-electron chi connectivity index (χ2n) is 5.02. The number of benzene rings is 1. The van der Waals surface area contributed by atoms with Crippen molar-refractivity contribution in [1.82, 2.24) is 0 Å². The first-order valence-corrected chi connectivity index (χ1v) is 6.82. The molecule has 0 radical (unpaired) electrons. The lowest BCUT2D eigenvalue weighted by atomic mass is 9.94. The summed E-state index contributed by atoms with van der Waals surface area (Å²) in [5.74, 6) is 0.279. The lowest BCUT2D eigenvalue weighted by Gasteiger charge is -2.10. The van der Waals surface area contributed by atoms with Crippen molar-refractivity contribution in [2.45, 2.75) is 44.9 Å². The van der Waals surface area contributed by atoms with Gasteiger partial charge in [0.15, 0.2) is 5.78 Å². The van der Waals surface area contributed by atoms with Gasteiger partial charge >= 0.3 is 0 Å². The fourth-order valence-corrected chi connectivity index (χ4v) is 2.38. The second kappa shape index (κ2) is 6.39. The first-order valence-electron chi connectivity index (χ1n) is 6.82. The van der Waals surface area contributed by atoms with E-state index in [-0.39, 0.29) is 5.78 Å². The van der Waals surface area contributed by atoms with Crippen LogP contribution in [-0.4, -0.2) is 5.78 Å². The van der Waals surface area contributed by atoms with E-state index in [0.717, 1.165) is 36.1 Å². The maximum atomic E-state index is 12.2. The Morgan fingerprint density at radius 3 is 2.56 bits per heavy atom. The first kappa shape index (κ1) is 12.9. The summed E-state index contributed by atoms with van der Waals surface area (Å²) in [6, 6.07) is 7.59. The zero-order valence-electron chi connectivity index (χ0n) is 10.8. The van der Waals surface area contributed by atoms with Gasteiger partial charge in [-0.25, -0.2) is 0 Å². The van der Waals surface area contributed by atoms with E-state index in [4.69, 9.17) is 5.73 Å². The Balaban J connectivity index is 1.99. The molecule has 0 unspecified atom stereocenters. The van der Waals surface area contributed by atoms with E-state index in [1.807, 2.05) is 24.3 Å². The van der Waals surface area contributed by atoms with Crippen LogP contribution in [0.4, 0.5) is 5.69 Å². The normalized spacial score (nSPS) is 19.4. The number of rotatable bonds is 3. The second-order valence-corrected chi connectivity index (χ2v) is 5.02. The highest BCUT2D eigenvalue weighted by molar-refractivity contribution is 5.96. The maximum Gasteiger partial charge on any atom is 0.162 e. The van der Waals surface area contributed by atoms with E-state index in [1.165, 1.54) is 19.3 Å². The molecule has 2 nitrogen and oxygen atoms in total. The summed E-state index contributed by atoms with van der Waals surface area (Å²) in [4.78, 5) is 12.2. The van der Waals surface area contributed by atoms with Crippen LogP contribution in [0.25, 0.3) is 0 Å². The lowest BCUT2D eigenvalue weighted by Crippen LogP contribution is -2.08. The van der Waals surface area contributed by atoms with Gasteiger partial charge < -0.3 is 5.73 Å². The Bertz CT molecular complexity index is 431. The molecule has 0 bridgehead atoms. The van der Waals surface area contributed by atoms with Gasteiger partial charge in [-0.05, 0) is 49.0 Å². The van der Waals surface area contributed by atoms with Gasteiger partial charge in [-0.3, -0.25) is 4.79 Å². The van der Waals surface area contributed by atoms with Crippen LogP contribution in [0.1, 0.15) is 44.1 Å². The van der Waals surface area contributed by atoms with Crippen LogP contribution >= 0.6 is 0 Å². The molecule has 96 valence electrons. The molecule has 1 aromatic carbocycles. The van der Waals surface area contributed by atoms with Crippen molar-refractivity contribution in [1.29, 1.82) is 0 Å². The molecule has 0 amide bonds. The SMILES string of the molecule is Nc1ccc(CC(=O)/C2=C/CCCCCC2)cc1. The molecule has 0 saturated heterocycles. The first-order chi connectivity index (χ1) is 8.75. The largest absolute Gasteiger partial charge is 0.399 e. The number of hydrogen-bond acceptors (Lipinski definition) is 2. The number of allylic oxidation sites excluding steroid dienone is 2. The molecule has 0 saturated carbocycles. The Kier molecular flexibility index (Phi) is 4.57. The summed E-state index contributed by atoms with van der Waals surface area (Å²) in [6.45, 7) is 0. The van der Waals surface area contributed by atoms with Gasteiger partial charge in [0.2, 0.25) is 0 Å². The van der Waals surface area contributed by atoms with Gasteiger partial charge in [0.1, 0.15) is 0 Å². The standard InChI is InChI=1S/C16H21NO/c17-15-10-8-13(9-11-15)12-16(18)14-6-4-2-1-3-5-7-14/h6,8-11H,1-5,7,12,17H2/b14-6+. The third-order valence-electron chi connectivity index (χ3n) is 3.49. The molecule has 1 aliphatic carbocycles. The summed E-state index contributed by atoms with van der Waals surface area (Å²) < 4.78 is 0. The van der Waals surface area contributed by atoms with Gasteiger partial charge in [-0.2, -0.15) is 0 Å². The molecule has 0 aromatic heterocycles. The van der Waals surface area contributed by atoms with Gasteiger partial charge in [-0.15, -0.1) is 0 Å². The molecular formula is C16H21NO. The van der Waals surface area contributed by atoms with Crippen molar-refractivity contribution < 1.29 is 4.79 Å². The highest BCUT2D eigenvalue weighted by atomic mass is 16.1. The van der Waals surface area contributed by atoms with Crippen LogP contribution in [0, 0.1) is 0 Å². The Morgan fingerprint density at radius 2 is 1.78 bits per heavy atom. The number of ketones is 1. The quantitative estimate of drug-likeness (QED) is 0.823. The molecule has 0 aliphatic heterocycles. The zero-order chi connectivity index (χ0) is 12.8. The Labute approximate surface area is 109 Å². The highest BCUT2D eigenvalue weighted by Crippen LogP contribution is 2.19. The molecule has 0 heterocycles. The number of hydrogen-bond donors (Lipinski definition) is 1. The number of carbonyl (C=O) groups excluding carboxylic acids is 1. The zero-order valence-corrected chi connectivity index (χ0v) is 10.8. The number of Topliss-reactive ketones (excluding diaryl/α,β-unsaturated/α-hetero) is 1. The summed E-state index contributed by atoms with van der Waals surface area (Å²) in [5, 5.41) is 0. The minimum Gasteiger partial charge on any atom is -0.399 e. The van der Waals surface area contributed by atoms with E-state index in [1.54, 1.807) is 0 Å². The smallest absolute Gasteiger partial charge is 0.162 e. The summed E-state index contributed by atoms with van der Waals surface area (Å²) in [5.41, 5.74) is 8.48. The highest BCUT2D eigenvalue weighted by Gasteiger charge is 2.11. The summed E-state index contributed by atoms with van der Waals surface area (Å²) in [6.07, 6.45) is 9.60. The molecule has 1 aliphatic rings. The average Bonchev–Trinajstić information content (AvgIpc) is 2.31. The minimum atomic E-state index is 0.279. The Hall–Kier alpha value is -1.57. The van der Waals surface area contributed by atoms with Crippen LogP contribution in [0.3, 0.4) is 0 Å². The molecule has 2 heteroatoms. The third-order valence-corrected chi connectivity index (χ3v) is 3.49. The lowest BCUT2D eigenvalue weighted by molar-refractivity contribution is -0.115. The minimum absolute atomic E-state index is 0.279. The molecule has 2 N–H and O–H groups in total. The van der Waals surface area contributed by atoms with E-state index < -0.39 is 0 Å². The molecule has 0 fully saturated rings. The topological polar surface area (TPSA) is 43.1 Å². The number of nitrogen functional groups attached to an aromatic ring is 1. The summed E-state index contributed by atoms with van der Waals surface area (Å²) >= 11 is 0. The molecule has 18 heavy (non-hydrogen) atoms. The van der Waals surface area contributed by atoms with Gasteiger partial charge in [0.25, 0.3) is 0 Å². The average molecular weight is 243 g/mol. The van der Waals surface area contributed by atoms with E-state index in [2.05, 4.69) is 6.08 Å². The van der Waals surface area contributed by atoms with Crippen molar-refractivity contribution in [3.05, 3.63) is 41.5 Å². The molecule has 0 atom stereocenters. The number of nitrogens with two attached hydrogens (primary N) is 1. The van der Waals surface area contributed by atoms with Crippen molar-refractivity contribution in [3.8, 4) is 0 Å². The van der Waals surface area contributed by atoms with Gasteiger partial charge in [0.05, 0.1) is 0 Å². The predicted molar refractivity (Wildman–Crippen MR) is 75.4 cm³/mol. The van der Waals surface area contributed by atoms with E-state index >= 15 is 0 Å². The van der Waals surface area contributed by atoms with Crippen LogP contribution in [-0.2, 0) is 11.2 Å². The molecule has 1 aromatic rings. The summed E-state index contributed by atoms with van der Waals surface area (Å²) in [7, 11) is 0. The number of anilines is 1. The predicted octanol–water partition coefficient (Wildman–Crippen LogP) is 3.66. The third kappa shape index (κ3) is 3.73. The molecular weight excluding hydrogens is 222 g/mol. The van der Waals surface area contributed by atoms with Crippen LogP contribution in [0.2, 0.25) is 0 Å². The van der Waals surface area contributed by atoms with Gasteiger partial charge in [0, 0.05) is 12.1 Å². The van der Waals surface area contributed by atoms with Crippen molar-refractivity contribution >= 4 is 11.5 Å². The van der Waals surface area contributed by atoms with E-state index in [9.17, 15) is 4.79 Å². The van der Waals surface area contributed by atoms with Gasteiger partial charge in [-0.1, -0.05) is 31.1 Å². The van der Waals surface area contributed by atoms with Crippen LogP contribution in [0.15, 0.2) is 35.9 Å². The number of carbonyl (C=O) groups is 1. The fourth-order valence-electron chi connectivity index (χ4n) is 2.38. The van der Waals surface area contributed by atoms with Crippen LogP contribution < -0.4 is 5.73 Å². The maximum absolute atomic E-state index is 12.2. The molecule has 0 spiro atoms. The van der Waals surface area contributed by atoms with Crippen LogP contribution in [0.5, 0.6) is 0 Å². The Morgan fingerprint density at radius 1 is 1.06 bits per heavy atom. The van der Waals surface area contributed by atoms with Crippen molar-refractivity contribution in [3.63, 3.8) is 0 Å². The van der Waals surface area contributed by atoms with E-state index in [0.29, 0.717) is 6.42 Å². The van der Waals surface area contributed by atoms with Crippen molar-refractivity contribution in [2.24, 2.45) is 0 Å².